The summed E-state index contributed by atoms with van der Waals surface area (Å²) >= 11 is 0. The normalized spacial score (nSPS) is 19.3. The Labute approximate surface area is 137 Å². The van der Waals surface area contributed by atoms with Crippen molar-refractivity contribution >= 4 is 26.6 Å². The summed E-state index contributed by atoms with van der Waals surface area (Å²) in [4.78, 5) is 4.63. The van der Waals surface area contributed by atoms with Crippen molar-refractivity contribution in [2.45, 2.75) is 20.3 Å². The zero-order valence-electron chi connectivity index (χ0n) is 13.8. The number of anilines is 1. The molecule has 124 valence electrons. The fourth-order valence-electron chi connectivity index (χ4n) is 3.17. The van der Waals surface area contributed by atoms with E-state index in [2.05, 4.69) is 23.3 Å². The average Bonchev–Trinajstić information content (AvgIpc) is 2.97. The summed E-state index contributed by atoms with van der Waals surface area (Å²) in [7, 11) is -3.07. The smallest absolute Gasteiger partial charge is 0.211 e. The zero-order chi connectivity index (χ0) is 16.6. The third-order valence-electron chi connectivity index (χ3n) is 4.66. The fraction of sp³-hybridized carbons (Fsp3) is 0.471. The highest BCUT2D eigenvalue weighted by molar-refractivity contribution is 7.88. The Balaban J connectivity index is 1.79. The first-order valence-corrected chi connectivity index (χ1v) is 9.76. The lowest BCUT2D eigenvalue weighted by molar-refractivity contribution is 0.466. The molecule has 0 amide bonds. The second-order valence-electron chi connectivity index (χ2n) is 6.37. The largest absolute Gasteiger partial charge is 0.384 e. The standard InChI is InChI=1S/C17H23N3O2S/c1-12-13(2)19-16-7-5-4-6-15(16)17(12)18-10-14-8-9-20(11-14)23(3,21)22/h4-7,14H,8-11H2,1-3H3,(H,18,19)/t14-/m0/s1. The molecule has 1 aliphatic heterocycles. The maximum atomic E-state index is 11.6. The SMILES string of the molecule is Cc1nc2ccccc2c(NC[C@@H]2CCN(S(C)(=O)=O)C2)c1C. The second-order valence-corrected chi connectivity index (χ2v) is 8.35. The van der Waals surface area contributed by atoms with E-state index in [1.54, 1.807) is 4.31 Å². The third-order valence-corrected chi connectivity index (χ3v) is 5.93. The van der Waals surface area contributed by atoms with E-state index >= 15 is 0 Å². The first-order valence-electron chi connectivity index (χ1n) is 7.91. The molecule has 1 aromatic heterocycles. The minimum atomic E-state index is -3.07. The summed E-state index contributed by atoms with van der Waals surface area (Å²) in [5, 5.41) is 4.67. The Kier molecular flexibility index (Phi) is 4.29. The van der Waals surface area contributed by atoms with Crippen LogP contribution in [0.5, 0.6) is 0 Å². The zero-order valence-corrected chi connectivity index (χ0v) is 14.7. The summed E-state index contributed by atoms with van der Waals surface area (Å²) in [5.41, 5.74) is 4.28. The fourth-order valence-corrected chi connectivity index (χ4v) is 4.09. The van der Waals surface area contributed by atoms with Gasteiger partial charge in [-0.2, -0.15) is 0 Å². The van der Waals surface area contributed by atoms with Crippen LogP contribution in [-0.4, -0.2) is 43.6 Å². The number of hydrogen-bond donors (Lipinski definition) is 1. The molecule has 0 radical (unpaired) electrons. The van der Waals surface area contributed by atoms with Crippen LogP contribution in [0.3, 0.4) is 0 Å². The maximum Gasteiger partial charge on any atom is 0.211 e. The van der Waals surface area contributed by atoms with Crippen LogP contribution >= 0.6 is 0 Å². The van der Waals surface area contributed by atoms with Crippen molar-refractivity contribution in [2.75, 3.05) is 31.2 Å². The van der Waals surface area contributed by atoms with Crippen LogP contribution in [0, 0.1) is 19.8 Å². The van der Waals surface area contributed by atoms with E-state index in [0.29, 0.717) is 19.0 Å². The highest BCUT2D eigenvalue weighted by atomic mass is 32.2. The average molecular weight is 333 g/mol. The van der Waals surface area contributed by atoms with Gasteiger partial charge in [-0.3, -0.25) is 4.98 Å². The van der Waals surface area contributed by atoms with Gasteiger partial charge in [-0.1, -0.05) is 18.2 Å². The number of sulfonamides is 1. The molecule has 2 heterocycles. The third kappa shape index (κ3) is 3.33. The summed E-state index contributed by atoms with van der Waals surface area (Å²) in [6.45, 7) is 6.11. The number of hydrogen-bond acceptors (Lipinski definition) is 4. The van der Waals surface area contributed by atoms with Crippen molar-refractivity contribution in [2.24, 2.45) is 5.92 Å². The van der Waals surface area contributed by atoms with Crippen LogP contribution in [0.15, 0.2) is 24.3 Å². The molecule has 0 aliphatic carbocycles. The van der Waals surface area contributed by atoms with E-state index in [1.807, 2.05) is 25.1 Å². The molecule has 1 aromatic carbocycles. The summed E-state index contributed by atoms with van der Waals surface area (Å²) in [6.07, 6.45) is 2.19. The molecule has 5 nitrogen and oxygen atoms in total. The lowest BCUT2D eigenvalue weighted by atomic mass is 10.1. The lowest BCUT2D eigenvalue weighted by Crippen LogP contribution is -2.28. The van der Waals surface area contributed by atoms with Gasteiger partial charge >= 0.3 is 0 Å². The van der Waals surface area contributed by atoms with Crippen molar-refractivity contribution in [3.8, 4) is 0 Å². The Hall–Kier alpha value is -1.66. The molecule has 1 atom stereocenters. The molecule has 1 fully saturated rings. The molecule has 0 unspecified atom stereocenters. The first kappa shape index (κ1) is 16.2. The Bertz CT molecular complexity index is 833. The number of para-hydroxylation sites is 1. The molecular formula is C17H23N3O2S. The highest BCUT2D eigenvalue weighted by Crippen LogP contribution is 2.28. The topological polar surface area (TPSA) is 62.3 Å². The molecule has 2 aromatic rings. The minimum absolute atomic E-state index is 0.344. The number of fused-ring (bicyclic) bond motifs is 1. The van der Waals surface area contributed by atoms with Crippen LogP contribution in [-0.2, 0) is 10.0 Å². The molecule has 1 N–H and O–H groups in total. The molecule has 0 spiro atoms. The van der Waals surface area contributed by atoms with Crippen molar-refractivity contribution in [1.82, 2.24) is 9.29 Å². The van der Waals surface area contributed by atoms with Crippen LogP contribution in [0.4, 0.5) is 5.69 Å². The number of nitrogens with zero attached hydrogens (tertiary/aromatic N) is 2. The molecular weight excluding hydrogens is 310 g/mol. The first-order chi connectivity index (χ1) is 10.9. The Morgan fingerprint density at radius 2 is 2.04 bits per heavy atom. The van der Waals surface area contributed by atoms with E-state index in [-0.39, 0.29) is 0 Å². The van der Waals surface area contributed by atoms with Crippen molar-refractivity contribution in [3.63, 3.8) is 0 Å². The predicted molar refractivity (Wildman–Crippen MR) is 94.2 cm³/mol. The molecule has 6 heteroatoms. The number of aryl methyl sites for hydroxylation is 1. The number of pyridine rings is 1. The van der Waals surface area contributed by atoms with Gasteiger partial charge in [0.2, 0.25) is 10.0 Å². The van der Waals surface area contributed by atoms with Gasteiger partial charge in [-0.05, 0) is 37.8 Å². The number of aromatic nitrogens is 1. The van der Waals surface area contributed by atoms with Crippen LogP contribution < -0.4 is 5.32 Å². The Morgan fingerprint density at radius 1 is 1.30 bits per heavy atom. The second kappa shape index (κ2) is 6.09. The van der Waals surface area contributed by atoms with Crippen molar-refractivity contribution in [1.29, 1.82) is 0 Å². The molecule has 0 bridgehead atoms. The van der Waals surface area contributed by atoms with Gasteiger partial charge in [0.1, 0.15) is 0 Å². The van der Waals surface area contributed by atoms with Gasteiger partial charge in [0.25, 0.3) is 0 Å². The van der Waals surface area contributed by atoms with Gasteiger partial charge in [0.15, 0.2) is 0 Å². The number of benzene rings is 1. The van der Waals surface area contributed by atoms with Gasteiger partial charge in [0, 0.05) is 36.4 Å². The monoisotopic (exact) mass is 333 g/mol. The summed E-state index contributed by atoms with van der Waals surface area (Å²) < 4.78 is 24.8. The van der Waals surface area contributed by atoms with E-state index in [1.165, 1.54) is 6.26 Å². The lowest BCUT2D eigenvalue weighted by Gasteiger charge is -2.18. The molecule has 1 saturated heterocycles. The molecule has 23 heavy (non-hydrogen) atoms. The van der Waals surface area contributed by atoms with Gasteiger partial charge in [-0.25, -0.2) is 12.7 Å². The van der Waals surface area contributed by atoms with E-state index in [4.69, 9.17) is 0 Å². The van der Waals surface area contributed by atoms with Crippen LogP contribution in [0.1, 0.15) is 17.7 Å². The summed E-state index contributed by atoms with van der Waals surface area (Å²) in [6, 6.07) is 8.11. The van der Waals surface area contributed by atoms with Crippen molar-refractivity contribution < 1.29 is 8.42 Å². The number of rotatable bonds is 4. The maximum absolute atomic E-state index is 11.6. The molecule has 3 rings (SSSR count). The molecule has 1 aliphatic rings. The van der Waals surface area contributed by atoms with Crippen LogP contribution in [0.25, 0.3) is 10.9 Å². The van der Waals surface area contributed by atoms with E-state index in [9.17, 15) is 8.42 Å². The predicted octanol–water partition coefficient (Wildman–Crippen LogP) is 2.55. The quantitative estimate of drug-likeness (QED) is 0.934. The minimum Gasteiger partial charge on any atom is -0.384 e. The number of nitrogens with one attached hydrogen (secondary N) is 1. The van der Waals surface area contributed by atoms with Gasteiger partial charge in [0.05, 0.1) is 11.8 Å². The van der Waals surface area contributed by atoms with Gasteiger partial charge < -0.3 is 5.32 Å². The van der Waals surface area contributed by atoms with Crippen LogP contribution in [0.2, 0.25) is 0 Å². The summed E-state index contributed by atoms with van der Waals surface area (Å²) in [5.74, 6) is 0.344. The highest BCUT2D eigenvalue weighted by Gasteiger charge is 2.28. The van der Waals surface area contributed by atoms with E-state index in [0.717, 1.165) is 40.8 Å². The van der Waals surface area contributed by atoms with Crippen molar-refractivity contribution in [3.05, 3.63) is 35.5 Å². The van der Waals surface area contributed by atoms with Gasteiger partial charge in [-0.15, -0.1) is 0 Å². The van der Waals surface area contributed by atoms with E-state index < -0.39 is 10.0 Å². The molecule has 0 saturated carbocycles. The Morgan fingerprint density at radius 3 is 2.74 bits per heavy atom.